The van der Waals surface area contributed by atoms with Crippen LogP contribution in [0.5, 0.6) is 11.5 Å². The molecule has 0 heterocycles. The molecule has 0 atom stereocenters. The monoisotopic (exact) mass is 221 g/mol. The summed E-state index contributed by atoms with van der Waals surface area (Å²) in [5, 5.41) is 0. The molecule has 0 aliphatic heterocycles. The maximum Gasteiger partial charge on any atom is 0.417 e. The van der Waals surface area contributed by atoms with Crippen LogP contribution in [-0.2, 0) is 9.53 Å². The molecule has 4 nitrogen and oxygen atoms in total. The van der Waals surface area contributed by atoms with Crippen LogP contribution >= 0.6 is 0 Å². The maximum atomic E-state index is 9.80. The molecule has 1 radical (unpaired) electrons. The van der Waals surface area contributed by atoms with Crippen molar-refractivity contribution < 1.29 is 19.0 Å². The van der Waals surface area contributed by atoms with Crippen molar-refractivity contribution in [2.45, 2.75) is 0 Å². The third kappa shape index (κ3) is 3.31. The lowest BCUT2D eigenvalue weighted by atomic mass is 10.2. The average molecular weight is 221 g/mol. The number of rotatable bonds is 6. The van der Waals surface area contributed by atoms with E-state index in [2.05, 4.69) is 4.74 Å². The molecule has 0 fully saturated rings. The summed E-state index contributed by atoms with van der Waals surface area (Å²) in [6.45, 7) is 1.54. The molecule has 0 bridgehead atoms. The zero-order valence-electron chi connectivity index (χ0n) is 9.23. The van der Waals surface area contributed by atoms with E-state index in [0.717, 1.165) is 11.3 Å². The molecule has 0 saturated heterocycles. The average Bonchev–Trinajstić information content (AvgIpc) is 2.34. The second-order valence-electron chi connectivity index (χ2n) is 2.90. The van der Waals surface area contributed by atoms with E-state index in [-0.39, 0.29) is 6.61 Å². The Kier molecular flexibility index (Phi) is 4.92. The summed E-state index contributed by atoms with van der Waals surface area (Å²) >= 11 is 0. The molecule has 1 rings (SSSR count). The fourth-order valence-corrected chi connectivity index (χ4v) is 1.21. The Morgan fingerprint density at radius 2 is 2.12 bits per heavy atom. The van der Waals surface area contributed by atoms with E-state index < -0.39 is 0 Å². The summed E-state index contributed by atoms with van der Waals surface area (Å²) in [6.07, 6.45) is 3.50. The van der Waals surface area contributed by atoms with Crippen LogP contribution in [0.1, 0.15) is 5.56 Å². The molecule has 0 aliphatic carbocycles. The lowest BCUT2D eigenvalue weighted by Crippen LogP contribution is -1.90. The first-order valence-electron chi connectivity index (χ1n) is 4.69. The van der Waals surface area contributed by atoms with Crippen molar-refractivity contribution in [1.82, 2.24) is 0 Å². The Labute approximate surface area is 94.4 Å². The van der Waals surface area contributed by atoms with Crippen LogP contribution in [0.15, 0.2) is 24.3 Å². The summed E-state index contributed by atoms with van der Waals surface area (Å²) in [5.41, 5.74) is 0.887. The van der Waals surface area contributed by atoms with E-state index in [4.69, 9.17) is 9.47 Å². The van der Waals surface area contributed by atoms with Crippen LogP contribution in [0.4, 0.5) is 0 Å². The van der Waals surface area contributed by atoms with Crippen LogP contribution in [0.2, 0.25) is 0 Å². The molecule has 0 amide bonds. The molecule has 0 saturated carbocycles. The van der Waals surface area contributed by atoms with Crippen molar-refractivity contribution in [3.05, 3.63) is 29.8 Å². The van der Waals surface area contributed by atoms with E-state index in [0.29, 0.717) is 5.75 Å². The highest BCUT2D eigenvalue weighted by atomic mass is 16.5. The molecule has 16 heavy (non-hydrogen) atoms. The third-order valence-corrected chi connectivity index (χ3v) is 1.98. The van der Waals surface area contributed by atoms with E-state index in [1.807, 2.05) is 12.1 Å². The standard InChI is InChI=1S/C12H13O4/c1-14-11-6-5-10(12(8-11)15-2)4-3-7-16-9-13/h3-6,8H,7H2,1-2H3. The highest BCUT2D eigenvalue weighted by Crippen LogP contribution is 2.25. The van der Waals surface area contributed by atoms with Crippen molar-refractivity contribution in [2.24, 2.45) is 0 Å². The SMILES string of the molecule is COc1ccc(C=CCO[C]=O)c(OC)c1. The van der Waals surface area contributed by atoms with Crippen LogP contribution in [0, 0.1) is 0 Å². The summed E-state index contributed by atoms with van der Waals surface area (Å²) in [5.74, 6) is 1.43. The first-order chi connectivity index (χ1) is 7.81. The second kappa shape index (κ2) is 6.50. The van der Waals surface area contributed by atoms with E-state index >= 15 is 0 Å². The van der Waals surface area contributed by atoms with Crippen LogP contribution in [-0.4, -0.2) is 27.3 Å². The Hall–Kier alpha value is -1.97. The van der Waals surface area contributed by atoms with Gasteiger partial charge < -0.3 is 14.2 Å². The van der Waals surface area contributed by atoms with Gasteiger partial charge in [-0.1, -0.05) is 6.08 Å². The van der Waals surface area contributed by atoms with Gasteiger partial charge in [0.1, 0.15) is 18.1 Å². The van der Waals surface area contributed by atoms with Crippen molar-refractivity contribution >= 4 is 12.5 Å². The number of ether oxygens (including phenoxy) is 3. The van der Waals surface area contributed by atoms with E-state index in [9.17, 15) is 4.79 Å². The van der Waals surface area contributed by atoms with E-state index in [1.165, 1.54) is 6.47 Å². The number of carbonyl (C=O) groups excluding carboxylic acids is 1. The summed E-state index contributed by atoms with van der Waals surface area (Å²) in [4.78, 5) is 9.80. The van der Waals surface area contributed by atoms with Gasteiger partial charge in [-0.05, 0) is 18.2 Å². The molecular formula is C12H13O4. The highest BCUT2D eigenvalue weighted by molar-refractivity contribution is 5.59. The van der Waals surface area contributed by atoms with Gasteiger partial charge in [0, 0.05) is 11.6 Å². The molecule has 0 unspecified atom stereocenters. The molecule has 4 heteroatoms. The Morgan fingerprint density at radius 1 is 1.31 bits per heavy atom. The third-order valence-electron chi connectivity index (χ3n) is 1.98. The van der Waals surface area contributed by atoms with Crippen molar-refractivity contribution in [3.63, 3.8) is 0 Å². The maximum absolute atomic E-state index is 9.80. The molecular weight excluding hydrogens is 208 g/mol. The van der Waals surface area contributed by atoms with Gasteiger partial charge in [0.2, 0.25) is 0 Å². The Balaban J connectivity index is 2.78. The Morgan fingerprint density at radius 3 is 2.75 bits per heavy atom. The predicted octanol–water partition coefficient (Wildman–Crippen LogP) is 1.80. The summed E-state index contributed by atoms with van der Waals surface area (Å²) in [7, 11) is 3.18. The summed E-state index contributed by atoms with van der Waals surface area (Å²) in [6, 6.07) is 5.47. The van der Waals surface area contributed by atoms with E-state index in [1.54, 1.807) is 32.4 Å². The van der Waals surface area contributed by atoms with Gasteiger partial charge in [0.25, 0.3) is 0 Å². The van der Waals surface area contributed by atoms with Gasteiger partial charge in [-0.3, -0.25) is 0 Å². The zero-order chi connectivity index (χ0) is 11.8. The molecule has 0 aromatic heterocycles. The number of hydrogen-bond acceptors (Lipinski definition) is 4. The smallest absolute Gasteiger partial charge is 0.417 e. The fourth-order valence-electron chi connectivity index (χ4n) is 1.21. The lowest BCUT2D eigenvalue weighted by Gasteiger charge is -2.07. The normalized spacial score (nSPS) is 10.1. The number of hydrogen-bond donors (Lipinski definition) is 0. The van der Waals surface area contributed by atoms with Crippen LogP contribution in [0.25, 0.3) is 6.08 Å². The van der Waals surface area contributed by atoms with Crippen molar-refractivity contribution in [3.8, 4) is 11.5 Å². The zero-order valence-corrected chi connectivity index (χ0v) is 9.23. The molecule has 0 aliphatic rings. The lowest BCUT2D eigenvalue weighted by molar-refractivity contribution is 0.314. The molecule has 1 aromatic rings. The van der Waals surface area contributed by atoms with Crippen LogP contribution < -0.4 is 9.47 Å². The van der Waals surface area contributed by atoms with Gasteiger partial charge in [-0.25, -0.2) is 4.79 Å². The van der Waals surface area contributed by atoms with Gasteiger partial charge in [-0.15, -0.1) is 0 Å². The Bertz CT molecular complexity index is 371. The minimum Gasteiger partial charge on any atom is -0.497 e. The highest BCUT2D eigenvalue weighted by Gasteiger charge is 2.01. The van der Waals surface area contributed by atoms with Gasteiger partial charge in [-0.2, -0.15) is 0 Å². The summed E-state index contributed by atoms with van der Waals surface area (Å²) < 4.78 is 14.7. The van der Waals surface area contributed by atoms with Crippen molar-refractivity contribution in [1.29, 1.82) is 0 Å². The van der Waals surface area contributed by atoms with Gasteiger partial charge >= 0.3 is 6.47 Å². The fraction of sp³-hybridized carbons (Fsp3) is 0.250. The molecule has 85 valence electrons. The quantitative estimate of drug-likeness (QED) is 0.687. The molecule has 0 N–H and O–H groups in total. The topological polar surface area (TPSA) is 44.8 Å². The molecule has 0 spiro atoms. The van der Waals surface area contributed by atoms with Gasteiger partial charge in [0.15, 0.2) is 0 Å². The minimum atomic E-state index is 0.193. The van der Waals surface area contributed by atoms with Crippen LogP contribution in [0.3, 0.4) is 0 Å². The molecule has 1 aromatic carbocycles. The predicted molar refractivity (Wildman–Crippen MR) is 60.2 cm³/mol. The number of benzene rings is 1. The first kappa shape index (κ1) is 12.1. The number of methoxy groups -OCH3 is 2. The van der Waals surface area contributed by atoms with Gasteiger partial charge in [0.05, 0.1) is 14.2 Å². The second-order valence-corrected chi connectivity index (χ2v) is 2.90. The first-order valence-corrected chi connectivity index (χ1v) is 4.69. The van der Waals surface area contributed by atoms with Crippen molar-refractivity contribution in [2.75, 3.05) is 20.8 Å². The minimum absolute atomic E-state index is 0.193. The largest absolute Gasteiger partial charge is 0.497 e.